The highest BCUT2D eigenvalue weighted by atomic mass is 16.5. The average Bonchev–Trinajstić information content (AvgIpc) is 2.59. The second-order valence-electron chi connectivity index (χ2n) is 4.56. The van der Waals surface area contributed by atoms with E-state index in [1.54, 1.807) is 13.0 Å². The monoisotopic (exact) mass is 367 g/mol. The van der Waals surface area contributed by atoms with Crippen molar-refractivity contribution >= 4 is 17.9 Å². The number of rotatable bonds is 7. The number of aliphatic carboxylic acids is 1. The third-order valence-corrected chi connectivity index (χ3v) is 2.07. The zero-order chi connectivity index (χ0) is 21.1. The van der Waals surface area contributed by atoms with Crippen molar-refractivity contribution in [2.45, 2.75) is 20.3 Å². The van der Waals surface area contributed by atoms with Crippen molar-refractivity contribution < 1.29 is 34.1 Å². The van der Waals surface area contributed by atoms with Gasteiger partial charge in [-0.1, -0.05) is 25.8 Å². The molecule has 0 aromatic carbocycles. The van der Waals surface area contributed by atoms with Gasteiger partial charge in [-0.2, -0.15) is 5.26 Å². The highest BCUT2D eigenvalue weighted by Crippen LogP contribution is 2.01. The Labute approximate surface area is 153 Å². The van der Waals surface area contributed by atoms with Gasteiger partial charge in [0, 0.05) is 22.8 Å². The number of hydrogen-bond donors (Lipinski definition) is 2. The van der Waals surface area contributed by atoms with E-state index in [0.717, 1.165) is 0 Å². The van der Waals surface area contributed by atoms with Gasteiger partial charge in [0.15, 0.2) is 0 Å². The molecule has 0 heterocycles. The van der Waals surface area contributed by atoms with Gasteiger partial charge in [0.05, 0.1) is 19.8 Å². The number of aliphatic hydroxyl groups is 1. The quantitative estimate of drug-likeness (QED) is 0.396. The van der Waals surface area contributed by atoms with Crippen molar-refractivity contribution in [3.8, 4) is 6.07 Å². The summed E-state index contributed by atoms with van der Waals surface area (Å²) < 4.78 is 8.85. The molecule has 8 nitrogen and oxygen atoms in total. The molecule has 0 spiro atoms. The van der Waals surface area contributed by atoms with E-state index in [2.05, 4.69) is 29.2 Å². The first-order valence-electron chi connectivity index (χ1n) is 7.18. The minimum atomic E-state index is -0.935. The molecule has 0 aliphatic heterocycles. The summed E-state index contributed by atoms with van der Waals surface area (Å²) >= 11 is 0. The first-order chi connectivity index (χ1) is 12.0. The standard InChI is InChI=1S/C9H11NO3.C5H8O2.C4H6O2/c1-8(4-2-3-5-10)9(12)13-7-6-11;1-4(2)5(6)7-3;1-3(2)4(5)6/h2-3,11H,1,4,6-7H2;1H2,2-3H3;1H2,2H3,(H,5,6). The summed E-state index contributed by atoms with van der Waals surface area (Å²) in [5.41, 5.74) is 0.873. The summed E-state index contributed by atoms with van der Waals surface area (Å²) in [4.78, 5) is 30.7. The Kier molecular flexibility index (Phi) is 19.3. The van der Waals surface area contributed by atoms with Crippen LogP contribution < -0.4 is 0 Å². The number of esters is 2. The second-order valence-corrected chi connectivity index (χ2v) is 4.56. The predicted octanol–water partition coefficient (Wildman–Crippen LogP) is 1.93. The molecule has 0 unspecified atom stereocenters. The van der Waals surface area contributed by atoms with Crippen molar-refractivity contribution in [1.29, 1.82) is 5.26 Å². The second kappa shape index (κ2) is 18.2. The molecule has 0 rings (SSSR count). The van der Waals surface area contributed by atoms with Crippen LogP contribution in [0.5, 0.6) is 0 Å². The van der Waals surface area contributed by atoms with Crippen LogP contribution in [0.2, 0.25) is 0 Å². The van der Waals surface area contributed by atoms with Gasteiger partial charge in [0.1, 0.15) is 6.61 Å². The highest BCUT2D eigenvalue weighted by Gasteiger charge is 2.05. The molecule has 0 fully saturated rings. The lowest BCUT2D eigenvalue weighted by atomic mass is 10.2. The fourth-order valence-electron chi connectivity index (χ4n) is 0.752. The lowest BCUT2D eigenvalue weighted by molar-refractivity contribution is -0.140. The molecule has 0 saturated heterocycles. The lowest BCUT2D eigenvalue weighted by Crippen LogP contribution is -2.09. The summed E-state index contributed by atoms with van der Waals surface area (Å²) in [6, 6.07) is 1.79. The van der Waals surface area contributed by atoms with Crippen LogP contribution in [0, 0.1) is 11.3 Å². The smallest absolute Gasteiger partial charge is 0.333 e. The van der Waals surface area contributed by atoms with Crippen LogP contribution in [0.4, 0.5) is 0 Å². The normalized spacial score (nSPS) is 8.58. The van der Waals surface area contributed by atoms with E-state index in [0.29, 0.717) is 5.57 Å². The number of hydrogen-bond acceptors (Lipinski definition) is 7. The molecule has 0 aliphatic carbocycles. The van der Waals surface area contributed by atoms with Gasteiger partial charge < -0.3 is 19.7 Å². The van der Waals surface area contributed by atoms with E-state index < -0.39 is 11.9 Å². The maximum Gasteiger partial charge on any atom is 0.333 e. The summed E-state index contributed by atoms with van der Waals surface area (Å²) in [5, 5.41) is 24.4. The molecule has 0 bridgehead atoms. The van der Waals surface area contributed by atoms with Crippen molar-refractivity contribution in [3.05, 3.63) is 48.6 Å². The Morgan fingerprint density at radius 1 is 1.12 bits per heavy atom. The van der Waals surface area contributed by atoms with Crippen LogP contribution in [-0.4, -0.2) is 48.4 Å². The van der Waals surface area contributed by atoms with Gasteiger partial charge >= 0.3 is 17.9 Å². The molecule has 0 saturated carbocycles. The highest BCUT2D eigenvalue weighted by molar-refractivity contribution is 5.88. The van der Waals surface area contributed by atoms with Crippen LogP contribution in [0.25, 0.3) is 0 Å². The minimum absolute atomic E-state index is 0.0280. The zero-order valence-corrected chi connectivity index (χ0v) is 15.3. The Morgan fingerprint density at radius 2 is 1.62 bits per heavy atom. The minimum Gasteiger partial charge on any atom is -0.478 e. The molecule has 0 aliphatic rings. The number of carbonyl (C=O) groups is 3. The van der Waals surface area contributed by atoms with Crippen LogP contribution in [0.3, 0.4) is 0 Å². The predicted molar refractivity (Wildman–Crippen MR) is 95.8 cm³/mol. The van der Waals surface area contributed by atoms with Crippen molar-refractivity contribution in [2.75, 3.05) is 20.3 Å². The molecular formula is C18H25NO7. The van der Waals surface area contributed by atoms with E-state index in [-0.39, 0.29) is 36.8 Å². The zero-order valence-electron chi connectivity index (χ0n) is 15.3. The van der Waals surface area contributed by atoms with E-state index in [9.17, 15) is 14.4 Å². The Hall–Kier alpha value is -3.18. The van der Waals surface area contributed by atoms with E-state index in [1.807, 2.05) is 0 Å². The van der Waals surface area contributed by atoms with Crippen LogP contribution in [0.15, 0.2) is 48.6 Å². The van der Waals surface area contributed by atoms with Crippen LogP contribution in [0.1, 0.15) is 20.3 Å². The number of nitriles is 1. The molecule has 0 amide bonds. The molecule has 8 heteroatoms. The number of carboxylic acids is 1. The van der Waals surface area contributed by atoms with E-state index in [4.69, 9.17) is 15.5 Å². The first-order valence-corrected chi connectivity index (χ1v) is 7.18. The third kappa shape index (κ3) is 20.8. The van der Waals surface area contributed by atoms with Crippen LogP contribution >= 0.6 is 0 Å². The molecule has 144 valence electrons. The average molecular weight is 367 g/mol. The number of aliphatic hydroxyl groups excluding tert-OH is 1. The number of methoxy groups -OCH3 is 1. The molecule has 2 N–H and O–H groups in total. The molecule has 0 atom stereocenters. The third-order valence-electron chi connectivity index (χ3n) is 2.07. The largest absolute Gasteiger partial charge is 0.478 e. The fraction of sp³-hybridized carbons (Fsp3) is 0.333. The Morgan fingerprint density at radius 3 is 1.88 bits per heavy atom. The van der Waals surface area contributed by atoms with Crippen molar-refractivity contribution in [2.24, 2.45) is 0 Å². The topological polar surface area (TPSA) is 134 Å². The number of carbonyl (C=O) groups excluding carboxylic acids is 2. The van der Waals surface area contributed by atoms with Gasteiger partial charge in [-0.3, -0.25) is 0 Å². The summed E-state index contributed by atoms with van der Waals surface area (Å²) in [6.45, 7) is 12.8. The van der Waals surface area contributed by atoms with Gasteiger partial charge in [0.25, 0.3) is 0 Å². The molecule has 26 heavy (non-hydrogen) atoms. The summed E-state index contributed by atoms with van der Waals surface area (Å²) in [7, 11) is 1.33. The maximum atomic E-state index is 10.9. The maximum absolute atomic E-state index is 10.9. The molecule has 0 radical (unpaired) electrons. The first kappa shape index (κ1) is 27.7. The Bertz CT molecular complexity index is 571. The molecular weight excluding hydrogens is 342 g/mol. The number of nitrogens with zero attached hydrogens (tertiary/aromatic N) is 1. The number of carboxylic acid groups (broad SMARTS) is 1. The molecule has 0 aromatic heterocycles. The van der Waals surface area contributed by atoms with E-state index >= 15 is 0 Å². The Balaban J connectivity index is -0.000000342. The number of ether oxygens (including phenoxy) is 2. The lowest BCUT2D eigenvalue weighted by Gasteiger charge is -2.02. The van der Waals surface area contributed by atoms with Gasteiger partial charge in [0.2, 0.25) is 0 Å². The SMILES string of the molecule is C=C(C)C(=O)O.C=C(C)C(=O)OC.C=C(CC=CC#N)C(=O)OCCO. The van der Waals surface area contributed by atoms with Gasteiger partial charge in [-0.25, -0.2) is 14.4 Å². The summed E-state index contributed by atoms with van der Waals surface area (Å²) in [6.07, 6.45) is 3.07. The van der Waals surface area contributed by atoms with E-state index in [1.165, 1.54) is 26.2 Å². The fourth-order valence-corrected chi connectivity index (χ4v) is 0.752. The van der Waals surface area contributed by atoms with Gasteiger partial charge in [-0.05, 0) is 20.3 Å². The number of allylic oxidation sites excluding steroid dienone is 2. The van der Waals surface area contributed by atoms with Crippen molar-refractivity contribution in [1.82, 2.24) is 0 Å². The summed E-state index contributed by atoms with van der Waals surface area (Å²) in [5.74, 6) is -1.83. The van der Waals surface area contributed by atoms with Crippen LogP contribution in [-0.2, 0) is 23.9 Å². The molecule has 0 aromatic rings. The van der Waals surface area contributed by atoms with Gasteiger partial charge in [-0.15, -0.1) is 0 Å². The van der Waals surface area contributed by atoms with Crippen molar-refractivity contribution in [3.63, 3.8) is 0 Å².